The van der Waals surface area contributed by atoms with Crippen molar-refractivity contribution in [2.24, 2.45) is 0 Å². The van der Waals surface area contributed by atoms with Crippen LogP contribution in [0.2, 0.25) is 0 Å². The number of nitrogens with one attached hydrogen (secondary N) is 1. The minimum absolute atomic E-state index is 0.0354. The molecule has 3 rings (SSSR count). The van der Waals surface area contributed by atoms with Crippen LogP contribution in [0.3, 0.4) is 0 Å². The first kappa shape index (κ1) is 28.5. The second kappa shape index (κ2) is 17.4. The van der Waals surface area contributed by atoms with Gasteiger partial charge in [0, 0.05) is 24.4 Å². The van der Waals surface area contributed by atoms with Gasteiger partial charge >= 0.3 is 0 Å². The number of fused-ring (bicyclic) bond motifs is 1. The van der Waals surface area contributed by atoms with E-state index in [9.17, 15) is 0 Å². The highest BCUT2D eigenvalue weighted by molar-refractivity contribution is 7.21. The maximum atomic E-state index is 8.58. The number of aryl methyl sites for hydroxylation is 1. The van der Waals surface area contributed by atoms with Gasteiger partial charge in [-0.3, -0.25) is 0 Å². The van der Waals surface area contributed by atoms with Gasteiger partial charge < -0.3 is 34.1 Å². The lowest BCUT2D eigenvalue weighted by Gasteiger charge is -2.09. The molecule has 0 saturated heterocycles. The Bertz CT molecular complexity index is 982. The molecule has 0 saturated carbocycles. The van der Waals surface area contributed by atoms with Crippen LogP contribution in [0.1, 0.15) is 12.0 Å². The molecule has 198 valence electrons. The predicted octanol–water partition coefficient (Wildman–Crippen LogP) is 4.15. The fraction of sp³-hybridized carbons (Fsp3) is 0.519. The monoisotopic (exact) mass is 518 g/mol. The van der Waals surface area contributed by atoms with Crippen molar-refractivity contribution >= 4 is 27.2 Å². The van der Waals surface area contributed by atoms with Gasteiger partial charge in [-0.2, -0.15) is 0 Å². The van der Waals surface area contributed by atoms with E-state index in [1.54, 1.807) is 11.3 Å². The van der Waals surface area contributed by atoms with Gasteiger partial charge in [0.05, 0.1) is 76.3 Å². The summed E-state index contributed by atoms with van der Waals surface area (Å²) in [7, 11) is 0. The lowest BCUT2D eigenvalue weighted by atomic mass is 10.2. The SMILES string of the molecule is Cc1ccc2nc(-c3ccc(NCCCOCCOCCOCCOCCOCCO)cc3)sc2c1. The molecule has 9 heteroatoms. The summed E-state index contributed by atoms with van der Waals surface area (Å²) in [6, 6.07) is 14.8. The van der Waals surface area contributed by atoms with E-state index in [2.05, 4.69) is 54.7 Å². The lowest BCUT2D eigenvalue weighted by Crippen LogP contribution is -2.14. The fourth-order valence-corrected chi connectivity index (χ4v) is 4.41. The van der Waals surface area contributed by atoms with Crippen LogP contribution in [-0.2, 0) is 23.7 Å². The first-order valence-corrected chi connectivity index (χ1v) is 13.3. The van der Waals surface area contributed by atoms with Crippen molar-refractivity contribution in [2.45, 2.75) is 13.3 Å². The number of thiazole rings is 1. The van der Waals surface area contributed by atoms with Crippen LogP contribution < -0.4 is 5.32 Å². The van der Waals surface area contributed by atoms with Gasteiger partial charge in [0.15, 0.2) is 0 Å². The smallest absolute Gasteiger partial charge is 0.124 e. The Balaban J connectivity index is 1.14. The van der Waals surface area contributed by atoms with Crippen LogP contribution in [0.25, 0.3) is 20.8 Å². The minimum Gasteiger partial charge on any atom is -0.394 e. The summed E-state index contributed by atoms with van der Waals surface area (Å²) >= 11 is 1.73. The molecule has 0 aliphatic rings. The van der Waals surface area contributed by atoms with E-state index in [1.165, 1.54) is 10.3 Å². The summed E-state index contributed by atoms with van der Waals surface area (Å²) in [6.45, 7) is 8.27. The molecule has 1 heterocycles. The fourth-order valence-electron chi connectivity index (χ4n) is 3.34. The third-order valence-electron chi connectivity index (χ3n) is 5.19. The molecule has 8 nitrogen and oxygen atoms in total. The first-order chi connectivity index (χ1) is 17.8. The van der Waals surface area contributed by atoms with Crippen molar-refractivity contribution in [2.75, 3.05) is 84.5 Å². The molecule has 2 aromatic carbocycles. The highest BCUT2D eigenvalue weighted by atomic mass is 32.1. The molecular weight excluding hydrogens is 480 g/mol. The van der Waals surface area contributed by atoms with Crippen molar-refractivity contribution < 1.29 is 28.8 Å². The molecule has 0 atom stereocenters. The predicted molar refractivity (Wildman–Crippen MR) is 144 cm³/mol. The van der Waals surface area contributed by atoms with E-state index in [0.29, 0.717) is 66.1 Å². The van der Waals surface area contributed by atoms with Crippen LogP contribution in [-0.4, -0.2) is 89.3 Å². The molecule has 1 aromatic heterocycles. The molecule has 0 unspecified atom stereocenters. The highest BCUT2D eigenvalue weighted by Gasteiger charge is 2.06. The summed E-state index contributed by atoms with van der Waals surface area (Å²) in [5.74, 6) is 0. The van der Waals surface area contributed by atoms with Crippen LogP contribution in [0.15, 0.2) is 42.5 Å². The zero-order chi connectivity index (χ0) is 25.3. The molecule has 0 amide bonds. The van der Waals surface area contributed by atoms with Gasteiger partial charge in [0.1, 0.15) is 5.01 Å². The summed E-state index contributed by atoms with van der Waals surface area (Å²) in [5, 5.41) is 13.1. The van der Waals surface area contributed by atoms with Gasteiger partial charge in [-0.05, 0) is 55.3 Å². The Morgan fingerprint density at radius 1 is 0.750 bits per heavy atom. The molecular formula is C27H38N2O6S. The van der Waals surface area contributed by atoms with Crippen molar-refractivity contribution in [1.82, 2.24) is 4.98 Å². The van der Waals surface area contributed by atoms with E-state index in [1.807, 2.05) is 0 Å². The Morgan fingerprint density at radius 3 is 1.94 bits per heavy atom. The largest absolute Gasteiger partial charge is 0.394 e. The number of benzene rings is 2. The lowest BCUT2D eigenvalue weighted by molar-refractivity contribution is -0.0132. The quantitative estimate of drug-likeness (QED) is 0.216. The zero-order valence-corrected chi connectivity index (χ0v) is 21.9. The normalized spacial score (nSPS) is 11.4. The number of aromatic nitrogens is 1. The average molecular weight is 519 g/mol. The van der Waals surface area contributed by atoms with Crippen LogP contribution in [0, 0.1) is 6.92 Å². The van der Waals surface area contributed by atoms with Gasteiger partial charge in [-0.1, -0.05) is 6.07 Å². The van der Waals surface area contributed by atoms with Crippen molar-refractivity contribution in [3.05, 3.63) is 48.0 Å². The van der Waals surface area contributed by atoms with E-state index in [0.717, 1.165) is 34.7 Å². The Hall–Kier alpha value is -2.11. The van der Waals surface area contributed by atoms with E-state index in [4.69, 9.17) is 33.8 Å². The number of hydrogen-bond acceptors (Lipinski definition) is 9. The van der Waals surface area contributed by atoms with Gasteiger partial charge in [0.25, 0.3) is 0 Å². The van der Waals surface area contributed by atoms with Gasteiger partial charge in [0.2, 0.25) is 0 Å². The highest BCUT2D eigenvalue weighted by Crippen LogP contribution is 2.31. The summed E-state index contributed by atoms with van der Waals surface area (Å²) in [5.41, 5.74) is 4.55. The van der Waals surface area contributed by atoms with Crippen molar-refractivity contribution in [1.29, 1.82) is 0 Å². The first-order valence-electron chi connectivity index (χ1n) is 12.5. The Morgan fingerprint density at radius 2 is 1.33 bits per heavy atom. The third-order valence-corrected chi connectivity index (χ3v) is 6.26. The van der Waals surface area contributed by atoms with E-state index in [-0.39, 0.29) is 6.61 Å². The maximum Gasteiger partial charge on any atom is 0.124 e. The molecule has 0 aliphatic heterocycles. The number of aliphatic hydroxyl groups excluding tert-OH is 1. The molecule has 2 N–H and O–H groups in total. The number of aliphatic hydroxyl groups is 1. The zero-order valence-electron chi connectivity index (χ0n) is 21.1. The van der Waals surface area contributed by atoms with E-state index < -0.39 is 0 Å². The molecule has 0 bridgehead atoms. The number of anilines is 1. The standard InChI is InChI=1S/C27H38N2O6S/c1-22-3-8-25-26(21-22)36-27(29-25)23-4-6-24(7-5-23)28-9-2-11-31-13-15-33-17-19-35-20-18-34-16-14-32-12-10-30/h3-8,21,28,30H,2,9-20H2,1H3. The second-order valence-corrected chi connectivity index (χ2v) is 9.16. The molecule has 0 aliphatic carbocycles. The van der Waals surface area contributed by atoms with Gasteiger partial charge in [-0.25, -0.2) is 4.98 Å². The topological polar surface area (TPSA) is 91.3 Å². The second-order valence-electron chi connectivity index (χ2n) is 8.13. The summed E-state index contributed by atoms with van der Waals surface area (Å²) in [4.78, 5) is 4.76. The average Bonchev–Trinajstić information content (AvgIpc) is 3.31. The van der Waals surface area contributed by atoms with Crippen LogP contribution >= 0.6 is 11.3 Å². The minimum atomic E-state index is 0.0354. The summed E-state index contributed by atoms with van der Waals surface area (Å²) < 4.78 is 28.2. The van der Waals surface area contributed by atoms with Crippen LogP contribution in [0.5, 0.6) is 0 Å². The summed E-state index contributed by atoms with van der Waals surface area (Å²) in [6.07, 6.45) is 0.924. The Labute approximate surface area is 217 Å². The van der Waals surface area contributed by atoms with Crippen LogP contribution in [0.4, 0.5) is 5.69 Å². The maximum absolute atomic E-state index is 8.58. The third kappa shape index (κ3) is 10.9. The van der Waals surface area contributed by atoms with Crippen molar-refractivity contribution in [3.63, 3.8) is 0 Å². The molecule has 3 aromatic rings. The molecule has 0 spiro atoms. The van der Waals surface area contributed by atoms with E-state index >= 15 is 0 Å². The van der Waals surface area contributed by atoms with Crippen molar-refractivity contribution in [3.8, 4) is 10.6 Å². The number of hydrogen-bond donors (Lipinski definition) is 2. The molecule has 0 fully saturated rings. The Kier molecular flexibility index (Phi) is 13.7. The van der Waals surface area contributed by atoms with Gasteiger partial charge in [-0.15, -0.1) is 11.3 Å². The number of rotatable bonds is 20. The number of nitrogens with zero attached hydrogens (tertiary/aromatic N) is 1. The molecule has 0 radical (unpaired) electrons. The molecule has 36 heavy (non-hydrogen) atoms. The number of ether oxygens (including phenoxy) is 5.